The third-order valence-electron chi connectivity index (χ3n) is 5.21. The van der Waals surface area contributed by atoms with Crippen molar-refractivity contribution in [3.63, 3.8) is 0 Å². The topological polar surface area (TPSA) is 43.4 Å². The van der Waals surface area contributed by atoms with Crippen molar-refractivity contribution in [2.45, 2.75) is 90.4 Å². The zero-order valence-corrected chi connectivity index (χ0v) is 15.7. The largest absolute Gasteiger partial charge is 0.469 e. The molecule has 138 valence electrons. The van der Waals surface area contributed by atoms with Crippen LogP contribution in [0.25, 0.3) is 0 Å². The van der Waals surface area contributed by atoms with Gasteiger partial charge >= 0.3 is 5.97 Å². The lowest BCUT2D eigenvalue weighted by molar-refractivity contribution is -0.140. The fourth-order valence-electron chi connectivity index (χ4n) is 3.67. The van der Waals surface area contributed by atoms with Gasteiger partial charge in [-0.05, 0) is 50.0 Å². The van der Waals surface area contributed by atoms with Crippen molar-refractivity contribution >= 4 is 11.8 Å². The van der Waals surface area contributed by atoms with Gasteiger partial charge in [-0.25, -0.2) is 0 Å². The van der Waals surface area contributed by atoms with Crippen LogP contribution in [0.2, 0.25) is 0 Å². The number of carbonyl (C=O) groups excluding carboxylic acids is 2. The summed E-state index contributed by atoms with van der Waals surface area (Å²) in [5.41, 5.74) is 0. The first-order valence-corrected chi connectivity index (χ1v) is 9.95. The number of ether oxygens (including phenoxy) is 1. The highest BCUT2D eigenvalue weighted by Gasteiger charge is 2.24. The monoisotopic (exact) mass is 336 g/mol. The highest BCUT2D eigenvalue weighted by Crippen LogP contribution is 2.36. The van der Waals surface area contributed by atoms with Gasteiger partial charge in [-0.15, -0.1) is 0 Å². The highest BCUT2D eigenvalue weighted by molar-refractivity contribution is 5.89. The number of hydrogen-bond acceptors (Lipinski definition) is 3. The minimum absolute atomic E-state index is 0.0976. The summed E-state index contributed by atoms with van der Waals surface area (Å²) in [5.74, 6) is 1.57. The van der Waals surface area contributed by atoms with Crippen LogP contribution in [0.4, 0.5) is 0 Å². The average molecular weight is 337 g/mol. The smallest absolute Gasteiger partial charge is 0.305 e. The number of hydrogen-bond donors (Lipinski definition) is 0. The summed E-state index contributed by atoms with van der Waals surface area (Å²) >= 11 is 0. The number of allylic oxidation sites excluding steroid dienone is 2. The van der Waals surface area contributed by atoms with E-state index in [0.717, 1.165) is 31.6 Å². The minimum atomic E-state index is -0.0976. The van der Waals surface area contributed by atoms with Crippen molar-refractivity contribution in [2.24, 2.45) is 11.8 Å². The molecule has 0 saturated heterocycles. The van der Waals surface area contributed by atoms with Gasteiger partial charge in [-0.2, -0.15) is 0 Å². The molecule has 0 heterocycles. The zero-order chi connectivity index (χ0) is 17.6. The molecule has 0 radical (unpaired) electrons. The summed E-state index contributed by atoms with van der Waals surface area (Å²) in [4.78, 5) is 22.9. The second kappa shape index (κ2) is 13.2. The third kappa shape index (κ3) is 9.24. The van der Waals surface area contributed by atoms with Gasteiger partial charge in [0.2, 0.25) is 0 Å². The van der Waals surface area contributed by atoms with Crippen molar-refractivity contribution in [3.8, 4) is 0 Å². The molecule has 2 atom stereocenters. The molecule has 0 aromatic carbocycles. The zero-order valence-electron chi connectivity index (χ0n) is 15.7. The Balaban J connectivity index is 2.16. The Labute approximate surface area is 148 Å². The lowest BCUT2D eigenvalue weighted by atomic mass is 9.90. The average Bonchev–Trinajstić information content (AvgIpc) is 3.03. The van der Waals surface area contributed by atoms with Gasteiger partial charge in [-0.3, -0.25) is 9.59 Å². The van der Waals surface area contributed by atoms with Crippen LogP contribution in [-0.2, 0) is 14.3 Å². The summed E-state index contributed by atoms with van der Waals surface area (Å²) in [6, 6.07) is 0. The van der Waals surface area contributed by atoms with E-state index in [1.165, 1.54) is 52.1 Å². The molecule has 1 saturated carbocycles. The van der Waals surface area contributed by atoms with Crippen LogP contribution in [-0.4, -0.2) is 18.9 Å². The van der Waals surface area contributed by atoms with Crippen molar-refractivity contribution in [1.82, 2.24) is 0 Å². The molecule has 3 heteroatoms. The number of esters is 1. The summed E-state index contributed by atoms with van der Waals surface area (Å²) < 4.78 is 4.66. The number of rotatable bonds is 13. The Bertz CT molecular complexity index is 387. The number of methoxy groups -OCH3 is 1. The van der Waals surface area contributed by atoms with Crippen molar-refractivity contribution in [1.29, 1.82) is 0 Å². The van der Waals surface area contributed by atoms with E-state index in [2.05, 4.69) is 17.7 Å². The molecule has 1 rings (SSSR count). The van der Waals surface area contributed by atoms with E-state index >= 15 is 0 Å². The first-order chi connectivity index (χ1) is 11.7. The molecular formula is C21H36O3. The molecule has 0 bridgehead atoms. The van der Waals surface area contributed by atoms with Crippen LogP contribution < -0.4 is 0 Å². The molecule has 24 heavy (non-hydrogen) atoms. The van der Waals surface area contributed by atoms with Gasteiger partial charge in [-0.1, -0.05) is 51.5 Å². The predicted octanol–water partition coefficient (Wildman–Crippen LogP) is 5.62. The van der Waals surface area contributed by atoms with Gasteiger partial charge in [0.25, 0.3) is 0 Å². The number of ketones is 1. The predicted molar refractivity (Wildman–Crippen MR) is 98.8 cm³/mol. The van der Waals surface area contributed by atoms with Crippen molar-refractivity contribution in [3.05, 3.63) is 12.2 Å². The van der Waals surface area contributed by atoms with Crippen LogP contribution in [0.3, 0.4) is 0 Å². The summed E-state index contributed by atoms with van der Waals surface area (Å²) in [6.07, 6.45) is 18.2. The lowest BCUT2D eigenvalue weighted by Crippen LogP contribution is -2.06. The van der Waals surface area contributed by atoms with E-state index < -0.39 is 0 Å². The molecule has 0 unspecified atom stereocenters. The molecule has 0 aliphatic heterocycles. The fourth-order valence-corrected chi connectivity index (χ4v) is 3.67. The van der Waals surface area contributed by atoms with Gasteiger partial charge < -0.3 is 4.74 Å². The number of carbonyl (C=O) groups is 2. The molecule has 0 aromatic heterocycles. The van der Waals surface area contributed by atoms with E-state index in [-0.39, 0.29) is 5.97 Å². The summed E-state index contributed by atoms with van der Waals surface area (Å²) in [5, 5.41) is 0. The van der Waals surface area contributed by atoms with E-state index in [0.29, 0.717) is 24.5 Å². The molecule has 0 aromatic rings. The van der Waals surface area contributed by atoms with E-state index in [1.807, 2.05) is 6.08 Å². The molecule has 3 nitrogen and oxygen atoms in total. The fraction of sp³-hybridized carbons (Fsp3) is 0.810. The molecule has 1 fully saturated rings. The molecular weight excluding hydrogens is 300 g/mol. The molecule has 0 amide bonds. The maximum atomic E-state index is 11.9. The van der Waals surface area contributed by atoms with Crippen LogP contribution in [0, 0.1) is 11.8 Å². The molecule has 1 aliphatic rings. The molecule has 1 aliphatic carbocycles. The Morgan fingerprint density at radius 1 is 1.00 bits per heavy atom. The lowest BCUT2D eigenvalue weighted by Gasteiger charge is -2.16. The molecule has 0 spiro atoms. The standard InChI is InChI=1S/C21H36O3/c1-3-4-7-14-20(22)17-16-19-13-10-12-18(19)11-8-5-6-9-15-21(23)24-2/h16-19H,3-15H2,1-2H3/t18-,19+/m0/s1. The summed E-state index contributed by atoms with van der Waals surface area (Å²) in [7, 11) is 1.45. The highest BCUT2D eigenvalue weighted by atomic mass is 16.5. The van der Waals surface area contributed by atoms with Crippen molar-refractivity contribution in [2.75, 3.05) is 7.11 Å². The quantitative estimate of drug-likeness (QED) is 0.249. The second-order valence-corrected chi connectivity index (χ2v) is 7.17. The van der Waals surface area contributed by atoms with Crippen LogP contribution in [0.15, 0.2) is 12.2 Å². The van der Waals surface area contributed by atoms with Crippen molar-refractivity contribution < 1.29 is 14.3 Å². The third-order valence-corrected chi connectivity index (χ3v) is 5.21. The first-order valence-electron chi connectivity index (χ1n) is 9.95. The van der Waals surface area contributed by atoms with E-state index in [1.54, 1.807) is 0 Å². The maximum Gasteiger partial charge on any atom is 0.305 e. The number of unbranched alkanes of at least 4 members (excludes halogenated alkanes) is 5. The van der Waals surface area contributed by atoms with Crippen LogP contribution in [0.5, 0.6) is 0 Å². The van der Waals surface area contributed by atoms with Gasteiger partial charge in [0.15, 0.2) is 5.78 Å². The first kappa shape index (κ1) is 20.9. The van der Waals surface area contributed by atoms with Gasteiger partial charge in [0, 0.05) is 12.8 Å². The summed E-state index contributed by atoms with van der Waals surface area (Å²) in [6.45, 7) is 2.17. The minimum Gasteiger partial charge on any atom is -0.469 e. The Kier molecular flexibility index (Phi) is 11.5. The SMILES string of the molecule is CCCCCC(=O)C=C[C@H]1CCC[C@@H]1CCCCCCC(=O)OC. The van der Waals surface area contributed by atoms with Crippen LogP contribution >= 0.6 is 0 Å². The van der Waals surface area contributed by atoms with E-state index in [4.69, 9.17) is 0 Å². The van der Waals surface area contributed by atoms with E-state index in [9.17, 15) is 9.59 Å². The Morgan fingerprint density at radius 3 is 2.50 bits per heavy atom. The van der Waals surface area contributed by atoms with Crippen LogP contribution in [0.1, 0.15) is 90.4 Å². The maximum absolute atomic E-state index is 11.9. The van der Waals surface area contributed by atoms with Gasteiger partial charge in [0.1, 0.15) is 0 Å². The normalized spacial score (nSPS) is 20.6. The Hall–Kier alpha value is -1.12. The molecule has 0 N–H and O–H groups in total. The van der Waals surface area contributed by atoms with Gasteiger partial charge in [0.05, 0.1) is 7.11 Å². The second-order valence-electron chi connectivity index (χ2n) is 7.17. The Morgan fingerprint density at radius 2 is 1.75 bits per heavy atom.